The molecule has 1 fully saturated rings. The zero-order chi connectivity index (χ0) is 11.2. The Bertz CT molecular complexity index is 477. The average Bonchev–Trinajstić information content (AvgIpc) is 2.18. The molecule has 2 aliphatic heterocycles. The number of aliphatic carboxylic acids is 1. The molecule has 1 amide bonds. The van der Waals surface area contributed by atoms with Gasteiger partial charge in [-0.15, -0.1) is 0 Å². The van der Waals surface area contributed by atoms with Gasteiger partial charge >= 0.3 is 11.0 Å². The number of hydrogen-bond donors (Lipinski definition) is 1. The van der Waals surface area contributed by atoms with E-state index in [0.717, 1.165) is 11.0 Å². The fourth-order valence-electron chi connectivity index (χ4n) is 1.47. The molecule has 1 unspecified atom stereocenters. The molecule has 0 aliphatic carbocycles. The molecule has 8 heteroatoms. The van der Waals surface area contributed by atoms with E-state index in [0.29, 0.717) is 0 Å². The first-order chi connectivity index (χ1) is 7.06. The summed E-state index contributed by atoms with van der Waals surface area (Å²) < 4.78 is 11.5. The third-order valence-corrected chi connectivity index (χ3v) is 3.68. The molecule has 2 aliphatic rings. The summed E-state index contributed by atoms with van der Waals surface area (Å²) >= 11 is 0. The van der Waals surface area contributed by atoms with Crippen LogP contribution in [0.15, 0.2) is 11.8 Å². The van der Waals surface area contributed by atoms with E-state index in [1.165, 1.54) is 0 Å². The number of nitrogens with zero attached hydrogens (tertiary/aromatic N) is 3. The van der Waals surface area contributed by atoms with Crippen LogP contribution in [0.5, 0.6) is 0 Å². The monoisotopic (exact) mass is 227 g/mol. The minimum atomic E-state index is -1.66. The number of amides is 1. The minimum absolute atomic E-state index is 0.0102. The predicted octanol–water partition coefficient (Wildman–Crippen LogP) is -1.10. The Balaban J connectivity index is 2.53. The summed E-state index contributed by atoms with van der Waals surface area (Å²) in [6.45, 7) is 0. The van der Waals surface area contributed by atoms with Gasteiger partial charge in [0.2, 0.25) is 5.91 Å². The van der Waals surface area contributed by atoms with Crippen molar-refractivity contribution in [3.8, 4) is 0 Å². The molecular weight excluding hydrogens is 222 g/mol. The molecule has 0 aromatic heterocycles. The summed E-state index contributed by atoms with van der Waals surface area (Å²) in [5.41, 5.74) is 8.21. The number of β-lactam (4-membered cyclic amide) rings is 1. The van der Waals surface area contributed by atoms with Crippen LogP contribution in [0.4, 0.5) is 0 Å². The van der Waals surface area contributed by atoms with Crippen LogP contribution in [0, 0.1) is 0 Å². The maximum atomic E-state index is 11.5. The van der Waals surface area contributed by atoms with Crippen LogP contribution in [0.2, 0.25) is 0 Å². The maximum absolute atomic E-state index is 11.5. The van der Waals surface area contributed by atoms with Crippen molar-refractivity contribution in [3.05, 3.63) is 17.3 Å². The first-order valence-electron chi connectivity index (χ1n) is 3.96. The quantitative estimate of drug-likeness (QED) is 0.348. The van der Waals surface area contributed by atoms with E-state index in [1.54, 1.807) is 0 Å². The number of hydrogen-bond acceptors (Lipinski definition) is 3. The molecule has 0 spiro atoms. The fraction of sp³-hybridized carbons (Fsp3) is 0.286. The molecule has 0 aromatic rings. The van der Waals surface area contributed by atoms with Crippen LogP contribution in [0.3, 0.4) is 0 Å². The van der Waals surface area contributed by atoms with E-state index in [4.69, 9.17) is 10.6 Å². The minimum Gasteiger partial charge on any atom is -0.477 e. The molecule has 2 rings (SSSR count). The van der Waals surface area contributed by atoms with E-state index < -0.39 is 22.1 Å². The van der Waals surface area contributed by atoms with Gasteiger partial charge in [-0.05, 0) is 0 Å². The van der Waals surface area contributed by atoms with E-state index >= 15 is 0 Å². The van der Waals surface area contributed by atoms with E-state index in [-0.39, 0.29) is 23.1 Å². The Hall–Kier alpha value is -1.79. The summed E-state index contributed by atoms with van der Waals surface area (Å²) in [6, 6.07) is 0. The summed E-state index contributed by atoms with van der Waals surface area (Å²) in [4.78, 5) is 25.6. The van der Waals surface area contributed by atoms with Crippen molar-refractivity contribution in [1.82, 2.24) is 4.90 Å². The van der Waals surface area contributed by atoms with Crippen LogP contribution >= 0.6 is 0 Å². The van der Waals surface area contributed by atoms with E-state index in [2.05, 4.69) is 4.79 Å². The smallest absolute Gasteiger partial charge is 0.383 e. The number of carboxylic acid groups (broad SMARTS) is 1. The lowest BCUT2D eigenvalue weighted by atomic mass is 10.1. The Morgan fingerprint density at radius 1 is 1.73 bits per heavy atom. The largest absolute Gasteiger partial charge is 0.477 e. The zero-order valence-corrected chi connectivity index (χ0v) is 8.10. The Morgan fingerprint density at radius 3 is 2.87 bits per heavy atom. The standard InChI is InChI=1S/C7H5N3O4S/c8-9-4-1-3(7(12)13)10-5(11)2-6(10)15(4)14/h1,6H,2H2,(H,12,13)/t6-,15?/m1/s1. The molecule has 7 nitrogen and oxygen atoms in total. The zero-order valence-electron chi connectivity index (χ0n) is 7.28. The van der Waals surface area contributed by atoms with Gasteiger partial charge in [-0.3, -0.25) is 9.69 Å². The van der Waals surface area contributed by atoms with Crippen molar-refractivity contribution in [2.75, 3.05) is 0 Å². The number of rotatable bonds is 1. The first kappa shape index (κ1) is 9.75. The van der Waals surface area contributed by atoms with Gasteiger partial charge in [0.15, 0.2) is 10.8 Å². The second kappa shape index (κ2) is 3.11. The molecule has 78 valence electrons. The highest BCUT2D eigenvalue weighted by Crippen LogP contribution is 2.31. The molecule has 1 saturated heterocycles. The lowest BCUT2D eigenvalue weighted by molar-refractivity contribution is -0.146. The molecular formula is C7H5N3O4S. The van der Waals surface area contributed by atoms with Gasteiger partial charge in [-0.25, -0.2) is 9.00 Å². The van der Waals surface area contributed by atoms with Crippen LogP contribution < -0.4 is 0 Å². The molecule has 0 aromatic carbocycles. The molecule has 0 radical (unpaired) electrons. The molecule has 0 saturated carbocycles. The Labute approximate surface area is 86.1 Å². The second-order valence-electron chi connectivity index (χ2n) is 2.99. The molecule has 1 N–H and O–H groups in total. The summed E-state index contributed by atoms with van der Waals surface area (Å²) in [5.74, 6) is -1.70. The van der Waals surface area contributed by atoms with Crippen LogP contribution in [0.25, 0.3) is 5.53 Å². The van der Waals surface area contributed by atoms with Gasteiger partial charge in [0.1, 0.15) is 11.1 Å². The highest BCUT2D eigenvalue weighted by Gasteiger charge is 2.51. The predicted molar refractivity (Wildman–Crippen MR) is 47.7 cm³/mol. The topological polar surface area (TPSA) is 111 Å². The number of carboxylic acids is 1. The van der Waals surface area contributed by atoms with Gasteiger partial charge in [0, 0.05) is 0 Å². The van der Waals surface area contributed by atoms with Crippen LogP contribution in [-0.2, 0) is 20.4 Å². The molecule has 0 bridgehead atoms. The highest BCUT2D eigenvalue weighted by molar-refractivity contribution is 8.01. The Kier molecular flexibility index (Phi) is 2.02. The van der Waals surface area contributed by atoms with Gasteiger partial charge in [-0.1, -0.05) is 0 Å². The van der Waals surface area contributed by atoms with Crippen molar-refractivity contribution in [2.24, 2.45) is 0 Å². The highest BCUT2D eigenvalue weighted by atomic mass is 32.2. The third kappa shape index (κ3) is 1.23. The summed E-state index contributed by atoms with van der Waals surface area (Å²) in [6.07, 6.45) is 0.947. The summed E-state index contributed by atoms with van der Waals surface area (Å²) in [7, 11) is -1.66. The van der Waals surface area contributed by atoms with Gasteiger partial charge in [0.25, 0.3) is 0 Å². The van der Waals surface area contributed by atoms with Crippen molar-refractivity contribution in [2.45, 2.75) is 11.8 Å². The molecule has 2 atom stereocenters. The van der Waals surface area contributed by atoms with E-state index in [1.807, 2.05) is 0 Å². The normalized spacial score (nSPS) is 28.8. The number of carbonyl (C=O) groups excluding carboxylic acids is 1. The van der Waals surface area contributed by atoms with Gasteiger partial charge in [-0.2, -0.15) is 4.79 Å². The molecule has 2 heterocycles. The fourth-order valence-corrected chi connectivity index (χ4v) is 2.77. The third-order valence-electron chi connectivity index (χ3n) is 2.20. The first-order valence-corrected chi connectivity index (χ1v) is 5.17. The second-order valence-corrected chi connectivity index (χ2v) is 4.55. The van der Waals surface area contributed by atoms with Crippen molar-refractivity contribution in [3.63, 3.8) is 0 Å². The average molecular weight is 227 g/mol. The lowest BCUT2D eigenvalue weighted by Gasteiger charge is -2.39. The SMILES string of the molecule is [N-]=[N+]=C1C=C(C(=O)O)N2C(=O)C[C@H]2S1=O. The number of carbonyl (C=O) groups is 2. The van der Waals surface area contributed by atoms with Crippen molar-refractivity contribution >= 4 is 27.7 Å². The maximum Gasteiger partial charge on any atom is 0.383 e. The van der Waals surface area contributed by atoms with Gasteiger partial charge < -0.3 is 10.6 Å². The van der Waals surface area contributed by atoms with Crippen LogP contribution in [0.1, 0.15) is 6.42 Å². The van der Waals surface area contributed by atoms with Crippen LogP contribution in [-0.4, -0.2) is 41.3 Å². The number of fused-ring (bicyclic) bond motifs is 1. The van der Waals surface area contributed by atoms with Crippen molar-refractivity contribution < 1.29 is 23.7 Å². The van der Waals surface area contributed by atoms with E-state index in [9.17, 15) is 13.8 Å². The lowest BCUT2D eigenvalue weighted by Crippen LogP contribution is -2.58. The molecule has 15 heavy (non-hydrogen) atoms. The summed E-state index contributed by atoms with van der Waals surface area (Å²) in [5, 5.41) is 7.85. The van der Waals surface area contributed by atoms with Gasteiger partial charge in [0.05, 0.1) is 12.5 Å². The Morgan fingerprint density at radius 2 is 2.40 bits per heavy atom. The van der Waals surface area contributed by atoms with Crippen molar-refractivity contribution in [1.29, 1.82) is 0 Å².